The minimum Gasteiger partial charge on any atom is -0.344 e. The fourth-order valence-corrected chi connectivity index (χ4v) is 1.20. The third-order valence-electron chi connectivity index (χ3n) is 2.24. The summed E-state index contributed by atoms with van der Waals surface area (Å²) in [6.45, 7) is 13.9. The summed E-state index contributed by atoms with van der Waals surface area (Å²) in [5.41, 5.74) is 0. The number of rotatable bonds is 3. The van der Waals surface area contributed by atoms with Crippen LogP contribution < -0.4 is 0 Å². The van der Waals surface area contributed by atoms with Crippen molar-refractivity contribution >= 4 is 0 Å². The van der Waals surface area contributed by atoms with E-state index in [1.165, 1.54) is 0 Å². The molecule has 1 rings (SSSR count). The number of ether oxygens (including phenoxy) is 2. The van der Waals surface area contributed by atoms with Gasteiger partial charge in [0.15, 0.2) is 5.79 Å². The van der Waals surface area contributed by atoms with Crippen LogP contribution in [0.5, 0.6) is 0 Å². The molecule has 1 saturated heterocycles. The predicted octanol–water partition coefficient (Wildman–Crippen LogP) is 2.04. The Bertz CT molecular complexity index is 167. The van der Waals surface area contributed by atoms with Gasteiger partial charge in [0.05, 0.1) is 12.7 Å². The molecule has 1 aliphatic rings. The summed E-state index contributed by atoms with van der Waals surface area (Å²) in [4.78, 5) is 0. The topological polar surface area (TPSA) is 18.5 Å². The minimum absolute atomic E-state index is 0.0120. The van der Waals surface area contributed by atoms with E-state index in [1.807, 2.05) is 13.8 Å². The average Bonchev–Trinajstić information content (AvgIpc) is 2.48. The van der Waals surface area contributed by atoms with Gasteiger partial charge in [-0.05, 0) is 25.8 Å². The zero-order valence-electron chi connectivity index (χ0n) is 7.75. The van der Waals surface area contributed by atoms with Gasteiger partial charge in [0.2, 0.25) is 0 Å². The van der Waals surface area contributed by atoms with Crippen molar-refractivity contribution in [3.63, 3.8) is 0 Å². The first-order chi connectivity index (χ1) is 5.61. The Morgan fingerprint density at radius 3 is 2.92 bits per heavy atom. The Balaban J connectivity index is 2.50. The quantitative estimate of drug-likeness (QED) is 0.600. The van der Waals surface area contributed by atoms with Crippen LogP contribution in [0.15, 0.2) is 12.7 Å². The van der Waals surface area contributed by atoms with Crippen LogP contribution in [0.1, 0.15) is 20.3 Å². The highest BCUT2D eigenvalue weighted by molar-refractivity contribution is 4.92. The molecule has 1 fully saturated rings. The van der Waals surface area contributed by atoms with Gasteiger partial charge >= 0.3 is 0 Å². The highest BCUT2D eigenvalue weighted by Crippen LogP contribution is 2.28. The van der Waals surface area contributed by atoms with Gasteiger partial charge in [-0.1, -0.05) is 19.9 Å². The van der Waals surface area contributed by atoms with Crippen LogP contribution >= 0.6 is 0 Å². The Morgan fingerprint density at radius 2 is 2.50 bits per heavy atom. The van der Waals surface area contributed by atoms with E-state index in [0.717, 1.165) is 6.42 Å². The molecule has 2 heteroatoms. The smallest absolute Gasteiger partial charge is 0.185 e. The van der Waals surface area contributed by atoms with E-state index in [9.17, 15) is 0 Å². The summed E-state index contributed by atoms with van der Waals surface area (Å²) in [5.74, 6) is -0.566. The van der Waals surface area contributed by atoms with E-state index in [1.54, 1.807) is 6.08 Å². The fourth-order valence-electron chi connectivity index (χ4n) is 1.20. The molecule has 1 heterocycles. The molecule has 0 aromatic rings. The summed E-state index contributed by atoms with van der Waals surface area (Å²) in [7, 11) is 0. The highest BCUT2D eigenvalue weighted by Gasteiger charge is 2.36. The fraction of sp³-hybridized carbons (Fsp3) is 0.700. The molecule has 0 N–H and O–H groups in total. The largest absolute Gasteiger partial charge is 0.344 e. The van der Waals surface area contributed by atoms with Crippen LogP contribution in [0.2, 0.25) is 0 Å². The van der Waals surface area contributed by atoms with Crippen molar-refractivity contribution in [2.24, 2.45) is 5.92 Å². The molecular weight excluding hydrogens is 152 g/mol. The molecule has 0 bridgehead atoms. The summed E-state index contributed by atoms with van der Waals surface area (Å²) in [6, 6.07) is 0. The van der Waals surface area contributed by atoms with Gasteiger partial charge in [-0.3, -0.25) is 0 Å². The van der Waals surface area contributed by atoms with Crippen molar-refractivity contribution in [2.75, 3.05) is 6.61 Å². The normalized spacial score (nSPS) is 38.1. The SMILES string of the molecule is [CH]C(CC)C1COC(C)(C=C)O1. The molecule has 68 valence electrons. The number of hydrogen-bond donors (Lipinski definition) is 0. The summed E-state index contributed by atoms with van der Waals surface area (Å²) < 4.78 is 11.0. The van der Waals surface area contributed by atoms with Crippen molar-refractivity contribution < 1.29 is 9.47 Å². The van der Waals surface area contributed by atoms with E-state index in [2.05, 4.69) is 6.58 Å². The molecule has 2 radical (unpaired) electrons. The summed E-state index contributed by atoms with van der Waals surface area (Å²) in [5, 5.41) is 0. The second-order valence-corrected chi connectivity index (χ2v) is 3.26. The molecule has 0 aliphatic carbocycles. The molecule has 12 heavy (non-hydrogen) atoms. The standard InChI is InChI=1S/C10H16O2/c1-5-8(3)9-7-11-10(4,6-2)12-9/h3,6,8-9H,2,5,7H2,1,4H3. The third-order valence-corrected chi connectivity index (χ3v) is 2.24. The van der Waals surface area contributed by atoms with Gasteiger partial charge in [-0.25, -0.2) is 0 Å². The van der Waals surface area contributed by atoms with Crippen LogP contribution in [0.4, 0.5) is 0 Å². The van der Waals surface area contributed by atoms with Crippen LogP contribution in [-0.2, 0) is 9.47 Å². The second-order valence-electron chi connectivity index (χ2n) is 3.26. The van der Waals surface area contributed by atoms with Crippen molar-refractivity contribution in [1.82, 2.24) is 0 Å². The van der Waals surface area contributed by atoms with Crippen molar-refractivity contribution in [2.45, 2.75) is 32.2 Å². The van der Waals surface area contributed by atoms with Crippen LogP contribution in [-0.4, -0.2) is 18.5 Å². The Hall–Kier alpha value is -0.340. The first-order valence-corrected chi connectivity index (χ1v) is 4.32. The van der Waals surface area contributed by atoms with Gasteiger partial charge < -0.3 is 9.47 Å². The summed E-state index contributed by atoms with van der Waals surface area (Å²) >= 11 is 0. The van der Waals surface area contributed by atoms with E-state index in [-0.39, 0.29) is 12.0 Å². The average molecular weight is 168 g/mol. The Labute approximate surface area is 74.6 Å². The van der Waals surface area contributed by atoms with Crippen molar-refractivity contribution in [3.05, 3.63) is 19.6 Å². The molecule has 0 aromatic carbocycles. The van der Waals surface area contributed by atoms with Crippen LogP contribution in [0.25, 0.3) is 0 Å². The zero-order chi connectivity index (χ0) is 9.19. The Kier molecular flexibility index (Phi) is 2.91. The van der Waals surface area contributed by atoms with E-state index in [4.69, 9.17) is 16.4 Å². The van der Waals surface area contributed by atoms with Crippen LogP contribution in [0, 0.1) is 12.8 Å². The van der Waals surface area contributed by atoms with E-state index >= 15 is 0 Å². The van der Waals surface area contributed by atoms with Gasteiger partial charge in [0.1, 0.15) is 0 Å². The maximum Gasteiger partial charge on any atom is 0.185 e. The molecule has 3 unspecified atom stereocenters. The van der Waals surface area contributed by atoms with Crippen LogP contribution in [0.3, 0.4) is 0 Å². The van der Waals surface area contributed by atoms with Gasteiger partial charge in [-0.2, -0.15) is 0 Å². The molecule has 3 atom stereocenters. The molecule has 1 aliphatic heterocycles. The maximum atomic E-state index is 5.81. The van der Waals surface area contributed by atoms with Gasteiger partial charge in [0, 0.05) is 0 Å². The first-order valence-electron chi connectivity index (χ1n) is 4.32. The molecule has 0 saturated carbocycles. The lowest BCUT2D eigenvalue weighted by molar-refractivity contribution is -0.118. The zero-order valence-corrected chi connectivity index (χ0v) is 7.75. The lowest BCUT2D eigenvalue weighted by atomic mass is 10.0. The summed E-state index contributed by atoms with van der Waals surface area (Å²) in [6.07, 6.45) is 2.58. The van der Waals surface area contributed by atoms with E-state index in [0.29, 0.717) is 6.61 Å². The van der Waals surface area contributed by atoms with E-state index < -0.39 is 5.79 Å². The van der Waals surface area contributed by atoms with Crippen molar-refractivity contribution in [3.8, 4) is 0 Å². The van der Waals surface area contributed by atoms with Gasteiger partial charge in [0.25, 0.3) is 0 Å². The second kappa shape index (κ2) is 3.58. The predicted molar refractivity (Wildman–Crippen MR) is 47.5 cm³/mol. The lowest BCUT2D eigenvalue weighted by Crippen LogP contribution is -2.26. The maximum absolute atomic E-state index is 5.81. The highest BCUT2D eigenvalue weighted by atomic mass is 16.7. The molecule has 0 spiro atoms. The monoisotopic (exact) mass is 168 g/mol. The third kappa shape index (κ3) is 1.87. The molecule has 2 nitrogen and oxygen atoms in total. The first kappa shape index (κ1) is 9.75. The van der Waals surface area contributed by atoms with Gasteiger partial charge in [-0.15, -0.1) is 0 Å². The minimum atomic E-state index is -0.628. The Morgan fingerprint density at radius 1 is 1.83 bits per heavy atom. The van der Waals surface area contributed by atoms with Crippen molar-refractivity contribution in [1.29, 1.82) is 0 Å². The molecule has 0 aromatic heterocycles. The number of hydrogen-bond acceptors (Lipinski definition) is 2. The molecular formula is C10H16O2. The molecule has 0 amide bonds. The lowest BCUT2D eigenvalue weighted by Gasteiger charge is -2.20.